The fourth-order valence-electron chi connectivity index (χ4n) is 3.07. The number of hydrogen-bond acceptors (Lipinski definition) is 4. The minimum absolute atomic E-state index is 0.181. The van der Waals surface area contributed by atoms with Crippen molar-refractivity contribution in [1.82, 2.24) is 4.90 Å². The summed E-state index contributed by atoms with van der Waals surface area (Å²) in [6, 6.07) is 3.66. The Morgan fingerprint density at radius 2 is 1.95 bits per heavy atom. The zero-order valence-electron chi connectivity index (χ0n) is 12.2. The topological polar surface area (TPSA) is 38.8 Å². The molecule has 1 aromatic carbocycles. The van der Waals surface area contributed by atoms with Crippen LogP contribution in [0.5, 0.6) is 11.5 Å². The van der Waals surface area contributed by atoms with Gasteiger partial charge in [0.15, 0.2) is 17.3 Å². The summed E-state index contributed by atoms with van der Waals surface area (Å²) in [6.07, 6.45) is 3.81. The number of halogens is 1. The maximum Gasteiger partial charge on any atom is 0.182 e. The number of fused-ring (bicyclic) bond motifs is 3. The Hall–Kier alpha value is -1.68. The molecule has 0 atom stereocenters. The molecule has 3 aliphatic heterocycles. The molecule has 0 aromatic heterocycles. The van der Waals surface area contributed by atoms with E-state index in [1.807, 2.05) is 12.1 Å². The highest BCUT2D eigenvalue weighted by molar-refractivity contribution is 6.34. The van der Waals surface area contributed by atoms with Crippen LogP contribution in [0.1, 0.15) is 18.4 Å². The van der Waals surface area contributed by atoms with E-state index in [1.54, 1.807) is 20.3 Å². The molecule has 3 fully saturated rings. The van der Waals surface area contributed by atoms with Crippen molar-refractivity contribution in [1.29, 1.82) is 0 Å². The number of benzene rings is 1. The molecule has 0 radical (unpaired) electrons. The highest BCUT2D eigenvalue weighted by atomic mass is 35.5. The van der Waals surface area contributed by atoms with Gasteiger partial charge in [0.05, 0.1) is 24.9 Å². The number of carbonyl (C=O) groups excluding carboxylic acids is 1. The van der Waals surface area contributed by atoms with E-state index in [0.29, 0.717) is 16.5 Å². The Bertz CT molecular complexity index is 604. The summed E-state index contributed by atoms with van der Waals surface area (Å²) in [5, 5.41) is 0.472. The van der Waals surface area contributed by atoms with Crippen LogP contribution in [0.4, 0.5) is 0 Å². The Labute approximate surface area is 129 Å². The van der Waals surface area contributed by atoms with Crippen LogP contribution in [0.25, 0.3) is 6.08 Å². The second-order valence-electron chi connectivity index (χ2n) is 5.36. The molecule has 0 N–H and O–H groups in total. The number of ether oxygens (including phenoxy) is 2. The average Bonchev–Trinajstić information content (AvgIpc) is 2.52. The van der Waals surface area contributed by atoms with E-state index in [-0.39, 0.29) is 11.7 Å². The van der Waals surface area contributed by atoms with Crippen LogP contribution in [-0.4, -0.2) is 38.0 Å². The predicted octanol–water partition coefficient (Wildman–Crippen LogP) is 2.99. The molecule has 4 nitrogen and oxygen atoms in total. The molecular weight excluding hydrogens is 290 g/mol. The maximum atomic E-state index is 12.4. The van der Waals surface area contributed by atoms with Gasteiger partial charge >= 0.3 is 0 Å². The van der Waals surface area contributed by atoms with Gasteiger partial charge in [-0.2, -0.15) is 0 Å². The number of Topliss-reactive ketones (excluding diaryl/α,β-unsaturated/α-hetero) is 1. The van der Waals surface area contributed by atoms with Gasteiger partial charge in [-0.05, 0) is 36.6 Å². The number of hydrogen-bond donors (Lipinski definition) is 0. The summed E-state index contributed by atoms with van der Waals surface area (Å²) in [7, 11) is 3.12. The van der Waals surface area contributed by atoms with Gasteiger partial charge in [-0.3, -0.25) is 4.79 Å². The summed E-state index contributed by atoms with van der Waals surface area (Å²) in [4.78, 5) is 14.5. The Balaban J connectivity index is 2.01. The van der Waals surface area contributed by atoms with Crippen LogP contribution in [0.15, 0.2) is 17.8 Å². The summed E-state index contributed by atoms with van der Waals surface area (Å²) >= 11 is 6.38. The van der Waals surface area contributed by atoms with Gasteiger partial charge in [0, 0.05) is 19.0 Å². The summed E-state index contributed by atoms with van der Waals surface area (Å²) in [5.41, 5.74) is 1.55. The molecule has 3 heterocycles. The maximum absolute atomic E-state index is 12.4. The van der Waals surface area contributed by atoms with Gasteiger partial charge in [0.2, 0.25) is 0 Å². The first-order chi connectivity index (χ1) is 10.2. The lowest BCUT2D eigenvalue weighted by molar-refractivity contribution is -0.125. The molecule has 0 unspecified atom stereocenters. The Kier molecular flexibility index (Phi) is 3.81. The Morgan fingerprint density at radius 3 is 2.52 bits per heavy atom. The lowest BCUT2D eigenvalue weighted by Gasteiger charge is -2.41. The van der Waals surface area contributed by atoms with E-state index >= 15 is 0 Å². The van der Waals surface area contributed by atoms with Crippen LogP contribution in [-0.2, 0) is 4.79 Å². The number of ketones is 1. The molecule has 4 rings (SSSR count). The lowest BCUT2D eigenvalue weighted by atomic mass is 9.84. The molecule has 5 heteroatoms. The number of nitrogens with zero attached hydrogens (tertiary/aromatic N) is 1. The smallest absolute Gasteiger partial charge is 0.182 e. The third-order valence-electron chi connectivity index (χ3n) is 4.27. The fourth-order valence-corrected chi connectivity index (χ4v) is 3.36. The van der Waals surface area contributed by atoms with E-state index in [0.717, 1.165) is 37.2 Å². The monoisotopic (exact) mass is 307 g/mol. The summed E-state index contributed by atoms with van der Waals surface area (Å²) in [6.45, 7) is 1.90. The minimum Gasteiger partial charge on any atom is -0.493 e. The molecule has 0 aliphatic carbocycles. The van der Waals surface area contributed by atoms with Gasteiger partial charge in [0.25, 0.3) is 0 Å². The van der Waals surface area contributed by atoms with Crippen LogP contribution in [0.3, 0.4) is 0 Å². The second-order valence-corrected chi connectivity index (χ2v) is 5.74. The largest absolute Gasteiger partial charge is 0.493 e. The highest BCUT2D eigenvalue weighted by Crippen LogP contribution is 2.39. The van der Waals surface area contributed by atoms with Gasteiger partial charge in [-0.25, -0.2) is 0 Å². The number of carbonyl (C=O) groups is 1. The zero-order chi connectivity index (χ0) is 15.0. The molecule has 0 saturated carbocycles. The number of methoxy groups -OCH3 is 2. The number of piperidine rings is 3. The zero-order valence-corrected chi connectivity index (χ0v) is 12.9. The van der Waals surface area contributed by atoms with Gasteiger partial charge in [0.1, 0.15) is 0 Å². The fraction of sp³-hybridized carbons (Fsp3) is 0.438. The molecule has 21 heavy (non-hydrogen) atoms. The third kappa shape index (κ3) is 2.38. The van der Waals surface area contributed by atoms with Gasteiger partial charge < -0.3 is 14.4 Å². The summed E-state index contributed by atoms with van der Waals surface area (Å²) in [5.74, 6) is 1.50. The average molecular weight is 308 g/mol. The SMILES string of the molecule is COc1ccc(/C=C2/C(=O)C3CCN2CC3)c(Cl)c1OC. The van der Waals surface area contributed by atoms with Crippen molar-refractivity contribution in [3.8, 4) is 11.5 Å². The van der Waals surface area contributed by atoms with Crippen LogP contribution < -0.4 is 9.47 Å². The highest BCUT2D eigenvalue weighted by Gasteiger charge is 2.36. The number of rotatable bonds is 3. The van der Waals surface area contributed by atoms with Crippen molar-refractivity contribution in [3.05, 3.63) is 28.4 Å². The van der Waals surface area contributed by atoms with Crippen molar-refractivity contribution in [2.75, 3.05) is 27.3 Å². The van der Waals surface area contributed by atoms with Crippen molar-refractivity contribution < 1.29 is 14.3 Å². The normalized spacial score (nSPS) is 20.2. The molecule has 3 saturated heterocycles. The van der Waals surface area contributed by atoms with Crippen LogP contribution in [0, 0.1) is 5.92 Å². The van der Waals surface area contributed by atoms with E-state index in [1.165, 1.54) is 0 Å². The first-order valence-electron chi connectivity index (χ1n) is 7.07. The van der Waals surface area contributed by atoms with Crippen molar-refractivity contribution >= 4 is 23.5 Å². The molecule has 1 aromatic rings. The number of allylic oxidation sites excluding steroid dienone is 1. The first kappa shape index (κ1) is 14.3. The van der Waals surface area contributed by atoms with Crippen molar-refractivity contribution in [2.24, 2.45) is 5.92 Å². The third-order valence-corrected chi connectivity index (χ3v) is 4.66. The molecule has 0 spiro atoms. The molecule has 3 aliphatic rings. The lowest BCUT2D eigenvalue weighted by Crippen LogP contribution is -2.45. The minimum atomic E-state index is 0.181. The van der Waals surface area contributed by atoms with Crippen LogP contribution in [0.2, 0.25) is 5.02 Å². The summed E-state index contributed by atoms with van der Waals surface area (Å²) < 4.78 is 10.5. The predicted molar refractivity (Wildman–Crippen MR) is 81.8 cm³/mol. The quantitative estimate of drug-likeness (QED) is 0.805. The molecule has 2 bridgehead atoms. The molecule has 0 amide bonds. The van der Waals surface area contributed by atoms with E-state index < -0.39 is 0 Å². The van der Waals surface area contributed by atoms with Crippen molar-refractivity contribution in [3.63, 3.8) is 0 Å². The van der Waals surface area contributed by atoms with Gasteiger partial charge in [-0.15, -0.1) is 0 Å². The standard InChI is InChI=1S/C16H18ClNO3/c1-20-13-4-3-11(14(17)16(13)21-2)9-12-15(19)10-5-7-18(12)8-6-10/h3-4,9-10H,5-8H2,1-2H3/b12-9-. The van der Waals surface area contributed by atoms with Crippen LogP contribution >= 0.6 is 11.6 Å². The molecular formula is C16H18ClNO3. The molecule has 112 valence electrons. The Morgan fingerprint density at radius 1 is 1.24 bits per heavy atom. The van der Waals surface area contributed by atoms with E-state index in [2.05, 4.69) is 4.90 Å². The van der Waals surface area contributed by atoms with Gasteiger partial charge in [-0.1, -0.05) is 11.6 Å². The van der Waals surface area contributed by atoms with E-state index in [4.69, 9.17) is 21.1 Å². The second kappa shape index (κ2) is 5.60. The van der Waals surface area contributed by atoms with Crippen molar-refractivity contribution in [2.45, 2.75) is 12.8 Å². The first-order valence-corrected chi connectivity index (χ1v) is 7.45. The van der Waals surface area contributed by atoms with E-state index in [9.17, 15) is 4.79 Å².